The van der Waals surface area contributed by atoms with Crippen molar-refractivity contribution in [3.63, 3.8) is 0 Å². The minimum atomic E-state index is -4.53. The summed E-state index contributed by atoms with van der Waals surface area (Å²) >= 11 is 12.3. The minimum Gasteiger partial charge on any atom is -0.349 e. The number of aromatic nitrogens is 2. The van der Waals surface area contributed by atoms with Crippen LogP contribution in [0.25, 0.3) is 0 Å². The molecule has 1 aliphatic carbocycles. The van der Waals surface area contributed by atoms with E-state index in [1.807, 2.05) is 18.5 Å². The molecule has 0 bridgehead atoms. The third kappa shape index (κ3) is 5.11. The summed E-state index contributed by atoms with van der Waals surface area (Å²) in [6.45, 7) is 4.71. The molecule has 1 aliphatic rings. The van der Waals surface area contributed by atoms with Gasteiger partial charge in [0.25, 0.3) is 5.91 Å². The van der Waals surface area contributed by atoms with Gasteiger partial charge in [-0.3, -0.25) is 9.48 Å². The molecule has 0 unspecified atom stereocenters. The Hall–Kier alpha value is -1.73. The molecule has 9 heteroatoms. The van der Waals surface area contributed by atoms with Gasteiger partial charge in [-0.25, -0.2) is 0 Å². The van der Waals surface area contributed by atoms with Crippen molar-refractivity contribution in [2.45, 2.75) is 64.7 Å². The van der Waals surface area contributed by atoms with E-state index < -0.39 is 17.6 Å². The number of benzene rings is 1. The lowest BCUT2D eigenvalue weighted by Crippen LogP contribution is -2.38. The molecule has 30 heavy (non-hydrogen) atoms. The highest BCUT2D eigenvalue weighted by Crippen LogP contribution is 2.32. The molecule has 4 nitrogen and oxygen atoms in total. The zero-order valence-corrected chi connectivity index (χ0v) is 18.3. The molecule has 1 aromatic heterocycles. The van der Waals surface area contributed by atoms with Crippen LogP contribution < -0.4 is 5.32 Å². The molecule has 1 saturated carbocycles. The van der Waals surface area contributed by atoms with Gasteiger partial charge in [-0.1, -0.05) is 30.1 Å². The molecule has 1 fully saturated rings. The molecule has 0 saturated heterocycles. The summed E-state index contributed by atoms with van der Waals surface area (Å²) in [4.78, 5) is 12.5. The van der Waals surface area contributed by atoms with Gasteiger partial charge < -0.3 is 5.32 Å². The van der Waals surface area contributed by atoms with Crippen LogP contribution in [-0.2, 0) is 19.1 Å². The van der Waals surface area contributed by atoms with Crippen LogP contribution in [0.3, 0.4) is 0 Å². The molecule has 1 N–H and O–H groups in total. The molecule has 1 heterocycles. The van der Waals surface area contributed by atoms with Crippen LogP contribution in [0.1, 0.15) is 59.9 Å². The number of amides is 1. The molecule has 0 aliphatic heterocycles. The van der Waals surface area contributed by atoms with E-state index in [4.69, 9.17) is 23.2 Å². The molecular weight excluding hydrogens is 438 g/mol. The van der Waals surface area contributed by atoms with Crippen LogP contribution in [0.4, 0.5) is 13.2 Å². The third-order valence-corrected chi connectivity index (χ3v) is 6.46. The Bertz CT molecular complexity index is 919. The highest BCUT2D eigenvalue weighted by molar-refractivity contribution is 6.33. The summed E-state index contributed by atoms with van der Waals surface area (Å²) in [6, 6.07) is 2.70. The third-order valence-electron chi connectivity index (χ3n) is 5.64. The van der Waals surface area contributed by atoms with Crippen LogP contribution in [0, 0.1) is 12.8 Å². The van der Waals surface area contributed by atoms with Gasteiger partial charge in [0.15, 0.2) is 0 Å². The summed E-state index contributed by atoms with van der Waals surface area (Å²) in [5.74, 6) is -0.159. The quantitative estimate of drug-likeness (QED) is 0.587. The first-order valence-corrected chi connectivity index (χ1v) is 10.7. The second-order valence-electron chi connectivity index (χ2n) is 7.77. The average Bonchev–Trinajstić information content (AvgIpc) is 2.95. The highest BCUT2D eigenvalue weighted by atomic mass is 35.5. The van der Waals surface area contributed by atoms with Crippen LogP contribution >= 0.6 is 23.2 Å². The Labute approximate surface area is 183 Å². The van der Waals surface area contributed by atoms with Crippen molar-refractivity contribution < 1.29 is 18.0 Å². The number of hydrogen-bond acceptors (Lipinski definition) is 2. The van der Waals surface area contributed by atoms with E-state index in [0.29, 0.717) is 5.92 Å². The van der Waals surface area contributed by atoms with Crippen molar-refractivity contribution in [3.05, 3.63) is 50.8 Å². The molecule has 0 spiro atoms. The van der Waals surface area contributed by atoms with E-state index in [1.165, 1.54) is 0 Å². The molecule has 2 aromatic rings. The molecule has 1 amide bonds. The van der Waals surface area contributed by atoms with Gasteiger partial charge in [0.2, 0.25) is 0 Å². The first-order valence-electron chi connectivity index (χ1n) is 9.99. The molecule has 164 valence electrons. The second kappa shape index (κ2) is 9.18. The van der Waals surface area contributed by atoms with Gasteiger partial charge >= 0.3 is 6.18 Å². The van der Waals surface area contributed by atoms with E-state index >= 15 is 0 Å². The zero-order valence-electron chi connectivity index (χ0n) is 16.8. The number of nitrogens with zero attached hydrogens (tertiary/aromatic N) is 2. The molecule has 0 radical (unpaired) electrons. The Balaban J connectivity index is 1.59. The summed E-state index contributed by atoms with van der Waals surface area (Å²) in [5.41, 5.74) is 0.819. The topological polar surface area (TPSA) is 46.9 Å². The van der Waals surface area contributed by atoms with E-state index in [0.717, 1.165) is 73.3 Å². The minimum absolute atomic E-state index is 0.00668. The van der Waals surface area contributed by atoms with Crippen molar-refractivity contribution in [2.75, 3.05) is 0 Å². The van der Waals surface area contributed by atoms with Crippen molar-refractivity contribution in [3.8, 4) is 0 Å². The number of carbonyl (C=O) groups is 1. The predicted molar refractivity (Wildman–Crippen MR) is 111 cm³/mol. The van der Waals surface area contributed by atoms with E-state index in [-0.39, 0.29) is 16.6 Å². The van der Waals surface area contributed by atoms with Gasteiger partial charge in [-0.2, -0.15) is 18.3 Å². The summed E-state index contributed by atoms with van der Waals surface area (Å²) in [6.07, 6.45) is -0.432. The first kappa shape index (κ1) is 22.9. The van der Waals surface area contributed by atoms with Gasteiger partial charge in [0.1, 0.15) is 0 Å². The number of alkyl halides is 3. The molecular formula is C21H24Cl2F3N3O. The number of hydrogen-bond donors (Lipinski definition) is 1. The van der Waals surface area contributed by atoms with E-state index in [2.05, 4.69) is 10.4 Å². The highest BCUT2D eigenvalue weighted by Gasteiger charge is 2.32. The maximum Gasteiger partial charge on any atom is 0.416 e. The summed E-state index contributed by atoms with van der Waals surface area (Å²) < 4.78 is 40.8. The van der Waals surface area contributed by atoms with Crippen LogP contribution in [0.15, 0.2) is 18.2 Å². The van der Waals surface area contributed by atoms with Crippen molar-refractivity contribution in [2.24, 2.45) is 5.92 Å². The molecule has 1 aromatic carbocycles. The van der Waals surface area contributed by atoms with Crippen molar-refractivity contribution in [1.29, 1.82) is 0 Å². The summed E-state index contributed by atoms with van der Waals surface area (Å²) in [7, 11) is 0. The second-order valence-corrected chi connectivity index (χ2v) is 8.55. The zero-order chi connectivity index (χ0) is 22.1. The Morgan fingerprint density at radius 2 is 1.90 bits per heavy atom. The van der Waals surface area contributed by atoms with Gasteiger partial charge in [-0.05, 0) is 63.1 Å². The maximum atomic E-state index is 12.9. The fraction of sp³-hybridized carbons (Fsp3) is 0.524. The smallest absolute Gasteiger partial charge is 0.349 e. The van der Waals surface area contributed by atoms with Crippen molar-refractivity contribution >= 4 is 29.1 Å². The lowest BCUT2D eigenvalue weighted by atomic mass is 9.86. The normalized spacial score (nSPS) is 19.7. The number of nitrogens with one attached hydrogen (secondary N) is 1. The number of rotatable bonds is 5. The summed E-state index contributed by atoms with van der Waals surface area (Å²) in [5, 5.41) is 8.09. The Kier molecular flexibility index (Phi) is 7.02. The number of halogens is 5. The maximum absolute atomic E-state index is 12.9. The van der Waals surface area contributed by atoms with Gasteiger partial charge in [-0.15, -0.1) is 0 Å². The van der Waals surface area contributed by atoms with Gasteiger partial charge in [0.05, 0.1) is 32.6 Å². The SMILES string of the molecule is CCc1c(Cl)c(C)nn1CC1CCC(NC(=O)c2cc(C(F)(F)F)ccc2Cl)CC1. The first-order chi connectivity index (χ1) is 14.1. The van der Waals surface area contributed by atoms with E-state index in [9.17, 15) is 18.0 Å². The van der Waals surface area contributed by atoms with Crippen molar-refractivity contribution in [1.82, 2.24) is 15.1 Å². The lowest BCUT2D eigenvalue weighted by molar-refractivity contribution is -0.137. The van der Waals surface area contributed by atoms with Crippen LogP contribution in [-0.4, -0.2) is 21.7 Å². The average molecular weight is 462 g/mol. The lowest BCUT2D eigenvalue weighted by Gasteiger charge is -2.29. The van der Waals surface area contributed by atoms with Gasteiger partial charge in [0, 0.05) is 12.6 Å². The molecule has 0 atom stereocenters. The fourth-order valence-electron chi connectivity index (χ4n) is 3.97. The Morgan fingerprint density at radius 3 is 2.50 bits per heavy atom. The Morgan fingerprint density at radius 1 is 1.23 bits per heavy atom. The monoisotopic (exact) mass is 461 g/mol. The van der Waals surface area contributed by atoms with Crippen LogP contribution in [0.5, 0.6) is 0 Å². The number of carbonyl (C=O) groups excluding carboxylic acids is 1. The van der Waals surface area contributed by atoms with E-state index in [1.54, 1.807) is 0 Å². The number of aryl methyl sites for hydroxylation is 1. The fourth-order valence-corrected chi connectivity index (χ4v) is 4.44. The largest absolute Gasteiger partial charge is 0.416 e. The van der Waals surface area contributed by atoms with Crippen LogP contribution in [0.2, 0.25) is 10.0 Å². The predicted octanol–water partition coefficient (Wildman–Crippen LogP) is 6.07. The molecule has 3 rings (SSSR count). The standard InChI is InChI=1S/C21H24Cl2F3N3O/c1-3-18-19(23)12(2)28-29(18)11-13-4-7-15(8-5-13)27-20(30)16-10-14(21(24,25)26)6-9-17(16)22/h6,9-10,13,15H,3-5,7-8,11H2,1-2H3,(H,27,30).